The number of aliphatic imine (C=N–C) groups is 1. The first-order chi connectivity index (χ1) is 6.77. The van der Waals surface area contributed by atoms with Gasteiger partial charge in [-0.1, -0.05) is 6.58 Å². The van der Waals surface area contributed by atoms with E-state index in [9.17, 15) is 4.79 Å². The predicted molar refractivity (Wildman–Crippen MR) is 59.0 cm³/mol. The third kappa shape index (κ3) is 1.32. The average Bonchev–Trinajstić information content (AvgIpc) is 2.93. The highest BCUT2D eigenvalue weighted by Gasteiger charge is 2.28. The van der Waals surface area contributed by atoms with Gasteiger partial charge in [0.25, 0.3) is 0 Å². The summed E-state index contributed by atoms with van der Waals surface area (Å²) in [6, 6.07) is 0.366. The summed E-state index contributed by atoms with van der Waals surface area (Å²) in [7, 11) is 1.68. The Morgan fingerprint density at radius 2 is 2.43 bits per heavy atom. The highest BCUT2D eigenvalue weighted by molar-refractivity contribution is 5.81. The van der Waals surface area contributed by atoms with Crippen molar-refractivity contribution in [2.75, 3.05) is 7.05 Å². The summed E-state index contributed by atoms with van der Waals surface area (Å²) in [5.74, 6) is 0. The van der Waals surface area contributed by atoms with Crippen LogP contribution in [0.25, 0.3) is 6.08 Å². The van der Waals surface area contributed by atoms with Gasteiger partial charge in [0.2, 0.25) is 0 Å². The SMILES string of the molecule is C=Cc1c(C=NC)[nH]c(=O)n1C1CC1.[HH]. The highest BCUT2D eigenvalue weighted by Crippen LogP contribution is 2.35. The molecule has 0 spiro atoms. The zero-order valence-electron chi connectivity index (χ0n) is 8.16. The molecule has 2 rings (SSSR count). The number of rotatable bonds is 3. The Hall–Kier alpha value is -1.58. The third-order valence-corrected chi connectivity index (χ3v) is 2.36. The first-order valence-corrected chi connectivity index (χ1v) is 4.67. The number of aromatic nitrogens is 2. The van der Waals surface area contributed by atoms with E-state index in [2.05, 4.69) is 16.6 Å². The molecule has 76 valence electrons. The van der Waals surface area contributed by atoms with Crippen molar-refractivity contribution in [1.29, 1.82) is 0 Å². The minimum atomic E-state index is -0.0581. The first-order valence-electron chi connectivity index (χ1n) is 4.67. The summed E-state index contributed by atoms with van der Waals surface area (Å²) < 4.78 is 1.77. The van der Waals surface area contributed by atoms with Crippen molar-refractivity contribution in [3.05, 3.63) is 28.5 Å². The van der Waals surface area contributed by atoms with Crippen LogP contribution in [-0.4, -0.2) is 22.8 Å². The van der Waals surface area contributed by atoms with E-state index in [1.807, 2.05) is 0 Å². The molecule has 0 aliphatic heterocycles. The quantitative estimate of drug-likeness (QED) is 0.726. The van der Waals surface area contributed by atoms with Gasteiger partial charge in [-0.05, 0) is 18.9 Å². The molecule has 0 bridgehead atoms. The topological polar surface area (TPSA) is 50.1 Å². The fourth-order valence-electron chi connectivity index (χ4n) is 1.61. The Kier molecular flexibility index (Phi) is 2.11. The third-order valence-electron chi connectivity index (χ3n) is 2.36. The molecule has 1 aliphatic rings. The van der Waals surface area contributed by atoms with Crippen LogP contribution in [0.5, 0.6) is 0 Å². The number of hydrogen-bond donors (Lipinski definition) is 1. The minimum Gasteiger partial charge on any atom is -0.304 e. The monoisotopic (exact) mass is 193 g/mol. The normalized spacial score (nSPS) is 16.4. The van der Waals surface area contributed by atoms with Crippen molar-refractivity contribution >= 4 is 12.3 Å². The first kappa shape index (κ1) is 8.99. The van der Waals surface area contributed by atoms with E-state index in [1.54, 1.807) is 23.9 Å². The number of aromatic amines is 1. The predicted octanol–water partition coefficient (Wildman–Crippen LogP) is 1.45. The maximum atomic E-state index is 11.6. The second-order valence-corrected chi connectivity index (χ2v) is 3.42. The molecule has 0 radical (unpaired) electrons. The molecule has 0 amide bonds. The lowest BCUT2D eigenvalue weighted by Gasteiger charge is -2.00. The van der Waals surface area contributed by atoms with Crippen molar-refractivity contribution in [3.63, 3.8) is 0 Å². The molecule has 4 heteroatoms. The van der Waals surface area contributed by atoms with Crippen LogP contribution in [0.3, 0.4) is 0 Å². The molecule has 1 aromatic heterocycles. The Morgan fingerprint density at radius 1 is 1.71 bits per heavy atom. The molecule has 1 N–H and O–H groups in total. The van der Waals surface area contributed by atoms with E-state index in [-0.39, 0.29) is 7.12 Å². The van der Waals surface area contributed by atoms with E-state index >= 15 is 0 Å². The van der Waals surface area contributed by atoms with Crippen LogP contribution < -0.4 is 5.69 Å². The van der Waals surface area contributed by atoms with Crippen molar-refractivity contribution in [3.8, 4) is 0 Å². The zero-order valence-corrected chi connectivity index (χ0v) is 8.16. The molecular formula is C10H15N3O. The molecule has 0 saturated heterocycles. The fourth-order valence-corrected chi connectivity index (χ4v) is 1.61. The summed E-state index contributed by atoms with van der Waals surface area (Å²) in [6.07, 6.45) is 5.52. The van der Waals surface area contributed by atoms with Gasteiger partial charge < -0.3 is 4.98 Å². The molecular weight excluding hydrogens is 178 g/mol. The van der Waals surface area contributed by atoms with Crippen LogP contribution in [0.15, 0.2) is 16.4 Å². The Morgan fingerprint density at radius 3 is 2.93 bits per heavy atom. The van der Waals surface area contributed by atoms with Crippen LogP contribution >= 0.6 is 0 Å². The van der Waals surface area contributed by atoms with Gasteiger partial charge in [-0.2, -0.15) is 0 Å². The lowest BCUT2D eigenvalue weighted by Crippen LogP contribution is -2.16. The summed E-state index contributed by atoms with van der Waals surface area (Å²) in [5, 5.41) is 0. The van der Waals surface area contributed by atoms with Crippen molar-refractivity contribution in [2.24, 2.45) is 4.99 Å². The summed E-state index contributed by atoms with van der Waals surface area (Å²) in [5.41, 5.74) is 1.54. The van der Waals surface area contributed by atoms with Gasteiger partial charge in [-0.15, -0.1) is 0 Å². The number of nitrogens with one attached hydrogen (secondary N) is 1. The lowest BCUT2D eigenvalue weighted by atomic mass is 10.3. The van der Waals surface area contributed by atoms with E-state index in [0.717, 1.165) is 24.2 Å². The van der Waals surface area contributed by atoms with Crippen molar-refractivity contribution in [1.82, 2.24) is 9.55 Å². The van der Waals surface area contributed by atoms with Crippen LogP contribution in [0, 0.1) is 0 Å². The molecule has 1 aliphatic carbocycles. The Balaban J connectivity index is 0.00000112. The molecule has 14 heavy (non-hydrogen) atoms. The summed E-state index contributed by atoms with van der Waals surface area (Å²) in [4.78, 5) is 18.2. The van der Waals surface area contributed by atoms with Gasteiger partial charge in [0.15, 0.2) is 0 Å². The van der Waals surface area contributed by atoms with Gasteiger partial charge in [-0.3, -0.25) is 9.56 Å². The van der Waals surface area contributed by atoms with E-state index in [1.165, 1.54) is 0 Å². The van der Waals surface area contributed by atoms with Gasteiger partial charge in [-0.25, -0.2) is 4.79 Å². The largest absolute Gasteiger partial charge is 0.326 e. The van der Waals surface area contributed by atoms with Crippen molar-refractivity contribution in [2.45, 2.75) is 18.9 Å². The van der Waals surface area contributed by atoms with Crippen molar-refractivity contribution < 1.29 is 1.43 Å². The molecule has 1 aromatic rings. The maximum Gasteiger partial charge on any atom is 0.326 e. The Bertz CT molecular complexity index is 440. The molecule has 4 nitrogen and oxygen atoms in total. The molecule has 0 unspecified atom stereocenters. The molecule has 1 heterocycles. The van der Waals surface area contributed by atoms with Gasteiger partial charge in [0.1, 0.15) is 0 Å². The molecule has 1 saturated carbocycles. The fraction of sp³-hybridized carbons (Fsp3) is 0.400. The molecule has 0 atom stereocenters. The molecule has 0 aromatic carbocycles. The smallest absolute Gasteiger partial charge is 0.304 e. The Labute approximate surface area is 83.5 Å². The number of hydrogen-bond acceptors (Lipinski definition) is 2. The summed E-state index contributed by atoms with van der Waals surface area (Å²) >= 11 is 0. The number of H-pyrrole nitrogens is 1. The van der Waals surface area contributed by atoms with Gasteiger partial charge >= 0.3 is 5.69 Å². The van der Waals surface area contributed by atoms with Crippen LogP contribution in [0.1, 0.15) is 31.7 Å². The van der Waals surface area contributed by atoms with E-state index < -0.39 is 0 Å². The van der Waals surface area contributed by atoms with Crippen LogP contribution in [-0.2, 0) is 0 Å². The minimum absolute atomic E-state index is 0. The van der Waals surface area contributed by atoms with Gasteiger partial charge in [0.05, 0.1) is 11.4 Å². The lowest BCUT2D eigenvalue weighted by molar-refractivity contribution is 0.704. The summed E-state index contributed by atoms with van der Waals surface area (Å²) in [6.45, 7) is 3.72. The second-order valence-electron chi connectivity index (χ2n) is 3.42. The zero-order chi connectivity index (χ0) is 10.1. The van der Waals surface area contributed by atoms with Gasteiger partial charge in [0, 0.05) is 20.7 Å². The highest BCUT2D eigenvalue weighted by atomic mass is 16.1. The number of nitrogens with zero attached hydrogens (tertiary/aromatic N) is 2. The van der Waals surface area contributed by atoms with E-state index in [0.29, 0.717) is 6.04 Å². The van der Waals surface area contributed by atoms with Crippen LogP contribution in [0.4, 0.5) is 0 Å². The van der Waals surface area contributed by atoms with Crippen LogP contribution in [0.2, 0.25) is 0 Å². The number of imidazole rings is 1. The van der Waals surface area contributed by atoms with E-state index in [4.69, 9.17) is 0 Å². The standard InChI is InChI=1S/C10H13N3O.H2/c1-3-9-8(6-11-2)12-10(14)13(9)7-4-5-7;/h3,6-7H,1,4-5H2,2H3,(H,12,14);1H. The average molecular weight is 193 g/mol. The maximum absolute atomic E-state index is 11.6. The molecule has 1 fully saturated rings. The second kappa shape index (κ2) is 3.29.